The number of phenolic OH excluding ortho intramolecular Hbond substituents is 1. The molecule has 0 aliphatic carbocycles. The average molecular weight is 357 g/mol. The lowest BCUT2D eigenvalue weighted by Crippen LogP contribution is -2.26. The van der Waals surface area contributed by atoms with Crippen molar-refractivity contribution in [2.24, 2.45) is 5.10 Å². The van der Waals surface area contributed by atoms with Crippen LogP contribution in [-0.2, 0) is 4.79 Å². The molecule has 0 radical (unpaired) electrons. The average Bonchev–Trinajstić information content (AvgIpc) is 2.98. The van der Waals surface area contributed by atoms with Gasteiger partial charge in [0.25, 0.3) is 5.91 Å². The van der Waals surface area contributed by atoms with Crippen molar-refractivity contribution >= 4 is 45.4 Å². The molecule has 3 rings (SSSR count). The molecule has 1 aromatic heterocycles. The second-order valence-corrected chi connectivity index (χ2v) is 7.62. The van der Waals surface area contributed by atoms with Crippen LogP contribution in [0.5, 0.6) is 5.75 Å². The molecule has 1 amide bonds. The Morgan fingerprint density at radius 1 is 1.29 bits per heavy atom. The number of para-hydroxylation sites is 2. The minimum absolute atomic E-state index is 0.118. The van der Waals surface area contributed by atoms with E-state index in [-0.39, 0.29) is 16.9 Å². The number of hydrogen-bond acceptors (Lipinski definition) is 6. The zero-order valence-corrected chi connectivity index (χ0v) is 14.5. The third kappa shape index (κ3) is 3.93. The Balaban J connectivity index is 1.59. The van der Waals surface area contributed by atoms with E-state index in [4.69, 9.17) is 0 Å². The third-order valence-electron chi connectivity index (χ3n) is 3.24. The maximum atomic E-state index is 12.1. The van der Waals surface area contributed by atoms with Crippen molar-refractivity contribution in [3.8, 4) is 5.75 Å². The number of fused-ring (bicyclic) bond motifs is 1. The number of aromatic nitrogens is 1. The standard InChI is InChI=1S/C17H15N3O2S2/c1-11(23-17-19-13-7-3-5-9-15(13)24-17)16(22)20-18-10-12-6-2-4-8-14(12)21/h2-11,21H,1H3,(H,20,22)/b18-10-/t11-/m0/s1. The van der Waals surface area contributed by atoms with Crippen molar-refractivity contribution in [2.45, 2.75) is 16.5 Å². The van der Waals surface area contributed by atoms with E-state index < -0.39 is 0 Å². The van der Waals surface area contributed by atoms with E-state index in [1.807, 2.05) is 31.2 Å². The van der Waals surface area contributed by atoms with Crippen molar-refractivity contribution in [1.82, 2.24) is 10.4 Å². The number of thiazole rings is 1. The smallest absolute Gasteiger partial charge is 0.253 e. The fourth-order valence-electron chi connectivity index (χ4n) is 1.96. The topological polar surface area (TPSA) is 74.6 Å². The minimum Gasteiger partial charge on any atom is -0.507 e. The van der Waals surface area contributed by atoms with Crippen molar-refractivity contribution < 1.29 is 9.90 Å². The lowest BCUT2D eigenvalue weighted by Gasteiger charge is -2.06. The fourth-order valence-corrected chi connectivity index (χ4v) is 4.16. The molecule has 3 aromatic rings. The number of aromatic hydroxyl groups is 1. The predicted octanol–water partition coefficient (Wildman–Crippen LogP) is 3.63. The third-order valence-corrected chi connectivity index (χ3v) is 5.47. The van der Waals surface area contributed by atoms with Gasteiger partial charge in [-0.25, -0.2) is 10.4 Å². The summed E-state index contributed by atoms with van der Waals surface area (Å²) in [6.45, 7) is 1.81. The van der Waals surface area contributed by atoms with E-state index in [2.05, 4.69) is 15.5 Å². The Hall–Kier alpha value is -2.38. The Labute approximate surface area is 147 Å². The van der Waals surface area contributed by atoms with Crippen LogP contribution < -0.4 is 5.43 Å². The molecule has 24 heavy (non-hydrogen) atoms. The molecule has 0 aliphatic rings. The predicted molar refractivity (Wildman–Crippen MR) is 98.8 cm³/mol. The second-order valence-electron chi connectivity index (χ2n) is 5.00. The molecule has 2 N–H and O–H groups in total. The van der Waals surface area contributed by atoms with Gasteiger partial charge in [0.2, 0.25) is 0 Å². The zero-order valence-electron chi connectivity index (χ0n) is 12.8. The van der Waals surface area contributed by atoms with Crippen molar-refractivity contribution in [3.05, 3.63) is 54.1 Å². The van der Waals surface area contributed by atoms with Crippen LogP contribution in [0.25, 0.3) is 10.2 Å². The highest BCUT2D eigenvalue weighted by Gasteiger charge is 2.16. The van der Waals surface area contributed by atoms with E-state index in [9.17, 15) is 9.90 Å². The number of benzene rings is 2. The second kappa shape index (κ2) is 7.46. The first-order valence-corrected chi connectivity index (χ1v) is 8.96. The van der Waals surface area contributed by atoms with Crippen LogP contribution >= 0.6 is 23.1 Å². The normalized spacial score (nSPS) is 12.5. The van der Waals surface area contributed by atoms with Gasteiger partial charge in [0.05, 0.1) is 21.7 Å². The maximum absolute atomic E-state index is 12.1. The van der Waals surface area contributed by atoms with Crippen LogP contribution in [0.2, 0.25) is 0 Å². The molecule has 1 atom stereocenters. The van der Waals surface area contributed by atoms with Gasteiger partial charge in [0.1, 0.15) is 5.75 Å². The number of nitrogens with zero attached hydrogens (tertiary/aromatic N) is 2. The Morgan fingerprint density at radius 3 is 2.83 bits per heavy atom. The minimum atomic E-state index is -0.327. The van der Waals surface area contributed by atoms with E-state index in [1.54, 1.807) is 35.6 Å². The number of amides is 1. The van der Waals surface area contributed by atoms with E-state index in [0.717, 1.165) is 14.6 Å². The molecule has 122 valence electrons. The van der Waals surface area contributed by atoms with Crippen LogP contribution in [0.3, 0.4) is 0 Å². The van der Waals surface area contributed by atoms with Gasteiger partial charge in [-0.3, -0.25) is 4.79 Å². The number of hydrazone groups is 1. The number of rotatable bonds is 5. The molecule has 0 saturated carbocycles. The van der Waals surface area contributed by atoms with Crippen LogP contribution in [0, 0.1) is 0 Å². The highest BCUT2D eigenvalue weighted by Crippen LogP contribution is 2.31. The number of hydrogen-bond donors (Lipinski definition) is 2. The highest BCUT2D eigenvalue weighted by atomic mass is 32.2. The monoisotopic (exact) mass is 357 g/mol. The van der Waals surface area contributed by atoms with Crippen LogP contribution in [-0.4, -0.2) is 27.5 Å². The van der Waals surface area contributed by atoms with Crippen LogP contribution in [0.15, 0.2) is 58.0 Å². The lowest BCUT2D eigenvalue weighted by molar-refractivity contribution is -0.120. The first-order valence-electron chi connectivity index (χ1n) is 7.26. The summed E-state index contributed by atoms with van der Waals surface area (Å²) in [5.41, 5.74) is 3.97. The molecule has 1 heterocycles. The molecule has 0 fully saturated rings. The van der Waals surface area contributed by atoms with Crippen molar-refractivity contribution in [1.29, 1.82) is 0 Å². The van der Waals surface area contributed by atoms with Gasteiger partial charge in [0.15, 0.2) is 4.34 Å². The first-order chi connectivity index (χ1) is 11.6. The van der Waals surface area contributed by atoms with Gasteiger partial charge in [-0.2, -0.15) is 5.10 Å². The summed E-state index contributed by atoms with van der Waals surface area (Å²) < 4.78 is 1.95. The summed E-state index contributed by atoms with van der Waals surface area (Å²) in [5, 5.41) is 13.2. The fraction of sp³-hybridized carbons (Fsp3) is 0.118. The number of carbonyl (C=O) groups excluding carboxylic acids is 1. The van der Waals surface area contributed by atoms with Crippen molar-refractivity contribution in [2.75, 3.05) is 0 Å². The number of phenols is 1. The van der Waals surface area contributed by atoms with Crippen LogP contribution in [0.1, 0.15) is 12.5 Å². The molecule has 2 aromatic carbocycles. The summed E-state index contributed by atoms with van der Waals surface area (Å²) in [5.74, 6) is -0.0988. The molecule has 0 unspecified atom stereocenters. The molecule has 5 nitrogen and oxygen atoms in total. The molecular formula is C17H15N3O2S2. The van der Waals surface area contributed by atoms with Gasteiger partial charge in [-0.15, -0.1) is 11.3 Å². The van der Waals surface area contributed by atoms with Gasteiger partial charge in [-0.05, 0) is 31.2 Å². The molecular weight excluding hydrogens is 342 g/mol. The number of nitrogens with one attached hydrogen (secondary N) is 1. The summed E-state index contributed by atoms with van der Waals surface area (Å²) in [6, 6.07) is 14.7. The quantitative estimate of drug-likeness (QED) is 0.415. The van der Waals surface area contributed by atoms with E-state index >= 15 is 0 Å². The van der Waals surface area contributed by atoms with Gasteiger partial charge in [0, 0.05) is 5.56 Å². The van der Waals surface area contributed by atoms with E-state index in [0.29, 0.717) is 5.56 Å². The Bertz CT molecular complexity index is 859. The highest BCUT2D eigenvalue weighted by molar-refractivity contribution is 8.02. The van der Waals surface area contributed by atoms with Gasteiger partial charge in [-0.1, -0.05) is 36.0 Å². The zero-order chi connectivity index (χ0) is 16.9. The summed E-state index contributed by atoms with van der Waals surface area (Å²) >= 11 is 2.96. The number of carbonyl (C=O) groups is 1. The maximum Gasteiger partial charge on any atom is 0.253 e. The Morgan fingerprint density at radius 2 is 2.04 bits per heavy atom. The molecule has 0 aliphatic heterocycles. The van der Waals surface area contributed by atoms with Gasteiger partial charge < -0.3 is 5.11 Å². The summed E-state index contributed by atoms with van der Waals surface area (Å²) in [4.78, 5) is 16.6. The molecule has 0 spiro atoms. The van der Waals surface area contributed by atoms with Crippen molar-refractivity contribution in [3.63, 3.8) is 0 Å². The SMILES string of the molecule is C[C@H](Sc1nc2ccccc2s1)C(=O)N/N=C\c1ccccc1O. The van der Waals surface area contributed by atoms with Crippen LogP contribution in [0.4, 0.5) is 0 Å². The molecule has 0 saturated heterocycles. The Kier molecular flexibility index (Phi) is 5.12. The number of thioether (sulfide) groups is 1. The first kappa shape index (κ1) is 16.5. The summed E-state index contributed by atoms with van der Waals surface area (Å²) in [6.07, 6.45) is 1.42. The molecule has 0 bridgehead atoms. The lowest BCUT2D eigenvalue weighted by atomic mass is 10.2. The molecule has 7 heteroatoms. The van der Waals surface area contributed by atoms with Gasteiger partial charge >= 0.3 is 0 Å². The largest absolute Gasteiger partial charge is 0.507 e. The summed E-state index contributed by atoms with van der Waals surface area (Å²) in [7, 11) is 0. The van der Waals surface area contributed by atoms with E-state index in [1.165, 1.54) is 18.0 Å².